The molecule has 0 saturated carbocycles. The Morgan fingerprint density at radius 1 is 1.09 bits per heavy atom. The number of imidazole rings is 1. The van der Waals surface area contributed by atoms with Crippen LogP contribution in [0.5, 0.6) is 5.75 Å². The van der Waals surface area contributed by atoms with Gasteiger partial charge in [0.2, 0.25) is 11.7 Å². The highest BCUT2D eigenvalue weighted by atomic mass is 19.2. The van der Waals surface area contributed by atoms with E-state index in [1.165, 1.54) is 31.6 Å². The first-order chi connectivity index (χ1) is 21.5. The second-order valence-electron chi connectivity index (χ2n) is 10.3. The summed E-state index contributed by atoms with van der Waals surface area (Å²) in [7, 11) is 1.27. The Morgan fingerprint density at radius 3 is 2.56 bits per heavy atom. The summed E-state index contributed by atoms with van der Waals surface area (Å²) in [4.78, 5) is 37.7. The maximum Gasteiger partial charge on any atom is 0.251 e. The molecule has 0 fully saturated rings. The van der Waals surface area contributed by atoms with Crippen molar-refractivity contribution in [1.29, 1.82) is 0 Å². The third-order valence-electron chi connectivity index (χ3n) is 7.01. The smallest absolute Gasteiger partial charge is 0.251 e. The highest BCUT2D eigenvalue weighted by Crippen LogP contribution is 2.31. The third kappa shape index (κ3) is 7.62. The van der Waals surface area contributed by atoms with Gasteiger partial charge >= 0.3 is 0 Å². The number of benzene rings is 2. The monoisotopic (exact) mass is 622 g/mol. The van der Waals surface area contributed by atoms with Gasteiger partial charge in [0.15, 0.2) is 29.0 Å². The molecule has 0 saturated heterocycles. The number of carbonyl (C=O) groups excluding carboxylic acids is 2. The fourth-order valence-electron chi connectivity index (χ4n) is 4.54. The third-order valence-corrected chi connectivity index (χ3v) is 7.01. The van der Waals surface area contributed by atoms with Gasteiger partial charge in [0.1, 0.15) is 6.04 Å². The number of anilines is 2. The summed E-state index contributed by atoms with van der Waals surface area (Å²) in [5.41, 5.74) is 19.0. The number of fused-ring (bicyclic) bond motifs is 1. The van der Waals surface area contributed by atoms with Crippen LogP contribution in [0.15, 0.2) is 53.9 Å². The Hall–Kier alpha value is -5.31. The van der Waals surface area contributed by atoms with Crippen molar-refractivity contribution < 1.29 is 23.1 Å². The molecule has 0 aliphatic carbocycles. The Balaban J connectivity index is 1.42. The van der Waals surface area contributed by atoms with Gasteiger partial charge in [-0.2, -0.15) is 4.39 Å². The SMILES string of the molecule is CCc1cc(Nc2nccn3c(-c4ccc(OC)c(F)c4F)cnc23)ccc1C(=O)NCC(C)CNC(=O)[C@H](N)CN=C(N)N. The van der Waals surface area contributed by atoms with Crippen molar-refractivity contribution >= 4 is 34.9 Å². The Labute approximate surface area is 258 Å². The molecule has 0 aliphatic rings. The summed E-state index contributed by atoms with van der Waals surface area (Å²) in [6.07, 6.45) is 5.13. The van der Waals surface area contributed by atoms with Gasteiger partial charge in [-0.15, -0.1) is 0 Å². The van der Waals surface area contributed by atoms with Crippen LogP contribution in [0.4, 0.5) is 20.3 Å². The number of methoxy groups -OCH3 is 1. The van der Waals surface area contributed by atoms with E-state index in [1.807, 2.05) is 19.9 Å². The van der Waals surface area contributed by atoms with Crippen molar-refractivity contribution in [1.82, 2.24) is 25.0 Å². The first kappa shape index (κ1) is 32.6. The molecule has 0 aliphatic heterocycles. The number of ether oxygens (including phenoxy) is 1. The van der Waals surface area contributed by atoms with E-state index in [2.05, 4.69) is 30.9 Å². The van der Waals surface area contributed by atoms with Gasteiger partial charge in [-0.05, 0) is 48.2 Å². The molecule has 0 bridgehead atoms. The van der Waals surface area contributed by atoms with Crippen molar-refractivity contribution in [2.45, 2.75) is 26.3 Å². The van der Waals surface area contributed by atoms with Crippen molar-refractivity contribution in [3.63, 3.8) is 0 Å². The molecule has 0 radical (unpaired) electrons. The second-order valence-corrected chi connectivity index (χ2v) is 10.3. The number of aromatic nitrogens is 3. The first-order valence-corrected chi connectivity index (χ1v) is 14.1. The molecule has 4 aromatic rings. The van der Waals surface area contributed by atoms with Crippen LogP contribution in [0, 0.1) is 17.6 Å². The van der Waals surface area contributed by atoms with E-state index in [9.17, 15) is 18.4 Å². The zero-order valence-electron chi connectivity index (χ0n) is 25.1. The van der Waals surface area contributed by atoms with E-state index in [1.54, 1.807) is 22.7 Å². The number of aliphatic imine (C=N–C) groups is 1. The van der Waals surface area contributed by atoms with Crippen LogP contribution in [-0.4, -0.2) is 64.9 Å². The van der Waals surface area contributed by atoms with E-state index < -0.39 is 23.6 Å². The van der Waals surface area contributed by atoms with Gasteiger partial charge in [0.05, 0.1) is 25.5 Å². The van der Waals surface area contributed by atoms with Crippen LogP contribution < -0.4 is 37.9 Å². The second kappa shape index (κ2) is 14.4. The van der Waals surface area contributed by atoms with Gasteiger partial charge in [-0.1, -0.05) is 13.8 Å². The molecule has 15 heteroatoms. The standard InChI is InChI=1S/C30H36F2N10O3/c1-4-17-11-18(5-6-19(17)28(43)38-12-16(2)13-39-29(44)21(33)14-40-30(34)35)41-26-27-37-15-22(42(27)10-9-36-26)20-7-8-23(45-3)25(32)24(20)31/h5-11,15-16,21H,4,12-14,33H2,1-3H3,(H,36,41)(H,38,43)(H,39,44)(H4,34,35,40)/t16?,21-/m1/s1. The van der Waals surface area contributed by atoms with E-state index in [0.717, 1.165) is 5.56 Å². The first-order valence-electron chi connectivity index (χ1n) is 14.1. The number of rotatable bonds is 13. The highest BCUT2D eigenvalue weighted by molar-refractivity contribution is 5.96. The molecule has 0 spiro atoms. The molecule has 238 valence electrons. The predicted octanol–water partition coefficient (Wildman–Crippen LogP) is 2.07. The molecule has 1 unspecified atom stereocenters. The lowest BCUT2D eigenvalue weighted by atomic mass is 10.0. The van der Waals surface area contributed by atoms with Crippen LogP contribution in [0.25, 0.3) is 16.9 Å². The van der Waals surface area contributed by atoms with E-state index in [-0.39, 0.29) is 35.6 Å². The molecule has 2 aromatic carbocycles. The summed E-state index contributed by atoms with van der Waals surface area (Å²) in [6.45, 7) is 4.40. The lowest BCUT2D eigenvalue weighted by molar-refractivity contribution is -0.122. The Bertz CT molecular complexity index is 1720. The van der Waals surface area contributed by atoms with E-state index in [4.69, 9.17) is 21.9 Å². The number of hydrogen-bond donors (Lipinski definition) is 6. The quantitative estimate of drug-likeness (QED) is 0.0954. The molecule has 45 heavy (non-hydrogen) atoms. The minimum Gasteiger partial charge on any atom is -0.494 e. The number of hydrogen-bond acceptors (Lipinski definition) is 8. The minimum absolute atomic E-state index is 0.0182. The zero-order chi connectivity index (χ0) is 32.7. The van der Waals surface area contributed by atoms with Crippen LogP contribution >= 0.6 is 0 Å². The molecule has 2 atom stereocenters. The molecule has 2 heterocycles. The number of nitrogens with two attached hydrogens (primary N) is 3. The van der Waals surface area contributed by atoms with Crippen molar-refractivity contribution in [3.05, 3.63) is 71.7 Å². The summed E-state index contributed by atoms with van der Waals surface area (Å²) in [5.74, 6) is -2.83. The van der Waals surface area contributed by atoms with E-state index >= 15 is 0 Å². The lowest BCUT2D eigenvalue weighted by Gasteiger charge is -2.17. The van der Waals surface area contributed by atoms with E-state index in [0.29, 0.717) is 47.9 Å². The largest absolute Gasteiger partial charge is 0.494 e. The molecule has 4 rings (SSSR count). The number of aryl methyl sites for hydroxylation is 1. The van der Waals surface area contributed by atoms with Crippen LogP contribution in [0.1, 0.15) is 29.8 Å². The fourth-order valence-corrected chi connectivity index (χ4v) is 4.54. The number of halogens is 2. The van der Waals surface area contributed by atoms with Crippen LogP contribution in [-0.2, 0) is 11.2 Å². The van der Waals surface area contributed by atoms with Gasteiger partial charge < -0.3 is 37.9 Å². The molecule has 2 aromatic heterocycles. The number of carbonyl (C=O) groups is 2. The molecule has 9 N–H and O–H groups in total. The number of amides is 2. The number of guanidine groups is 1. The average molecular weight is 623 g/mol. The van der Waals surface area contributed by atoms with Crippen LogP contribution in [0.2, 0.25) is 0 Å². The summed E-state index contributed by atoms with van der Waals surface area (Å²) >= 11 is 0. The van der Waals surface area contributed by atoms with Crippen LogP contribution in [0.3, 0.4) is 0 Å². The van der Waals surface area contributed by atoms with Gasteiger partial charge in [0, 0.05) is 42.3 Å². The fraction of sp³-hybridized carbons (Fsp3) is 0.300. The minimum atomic E-state index is -1.09. The lowest BCUT2D eigenvalue weighted by Crippen LogP contribution is -2.45. The maximum absolute atomic E-state index is 14.8. The molecule has 13 nitrogen and oxygen atoms in total. The number of nitrogens with one attached hydrogen (secondary N) is 3. The topological polar surface area (TPSA) is 200 Å². The number of nitrogens with zero attached hydrogens (tertiary/aromatic N) is 4. The average Bonchev–Trinajstić information content (AvgIpc) is 3.47. The van der Waals surface area contributed by atoms with Crippen molar-refractivity contribution in [3.8, 4) is 17.0 Å². The Morgan fingerprint density at radius 2 is 1.84 bits per heavy atom. The van der Waals surface area contributed by atoms with Crippen molar-refractivity contribution in [2.75, 3.05) is 32.1 Å². The highest BCUT2D eigenvalue weighted by Gasteiger charge is 2.20. The van der Waals surface area contributed by atoms with Gasteiger partial charge in [-0.3, -0.25) is 19.0 Å². The van der Waals surface area contributed by atoms with Gasteiger partial charge in [-0.25, -0.2) is 14.4 Å². The zero-order valence-corrected chi connectivity index (χ0v) is 25.1. The van der Waals surface area contributed by atoms with Gasteiger partial charge in [0.25, 0.3) is 5.91 Å². The summed E-state index contributed by atoms with van der Waals surface area (Å²) in [6, 6.07) is 7.18. The predicted molar refractivity (Wildman–Crippen MR) is 167 cm³/mol. The Kier molecular flexibility index (Phi) is 10.5. The summed E-state index contributed by atoms with van der Waals surface area (Å²) < 4.78 is 35.7. The molecular weight excluding hydrogens is 586 g/mol. The summed E-state index contributed by atoms with van der Waals surface area (Å²) in [5, 5.41) is 8.85. The molecular formula is C30H36F2N10O3. The normalized spacial score (nSPS) is 12.3. The van der Waals surface area contributed by atoms with Crippen molar-refractivity contribution in [2.24, 2.45) is 28.1 Å². The maximum atomic E-state index is 14.8. The molecule has 2 amide bonds.